The summed E-state index contributed by atoms with van der Waals surface area (Å²) < 4.78 is 52.7. The molecular formula is C22H18F4N2O. The summed E-state index contributed by atoms with van der Waals surface area (Å²) in [4.78, 5) is 14.6. The molecule has 3 aromatic carbocycles. The molecule has 0 spiro atoms. The minimum atomic E-state index is -4.75. The molecular weight excluding hydrogens is 384 g/mol. The Morgan fingerprint density at radius 3 is 2.38 bits per heavy atom. The first-order chi connectivity index (χ1) is 13.8. The van der Waals surface area contributed by atoms with E-state index in [9.17, 15) is 22.4 Å². The van der Waals surface area contributed by atoms with Gasteiger partial charge in [0.2, 0.25) is 0 Å². The van der Waals surface area contributed by atoms with Crippen LogP contribution in [0.15, 0.2) is 54.6 Å². The van der Waals surface area contributed by atoms with Crippen molar-refractivity contribution < 1.29 is 22.4 Å². The fraction of sp³-hybridized carbons (Fsp3) is 0.227. The number of nitrogens with zero attached hydrogens (tertiary/aromatic N) is 1. The number of likely N-dealkylation sites (tertiary alicyclic amines) is 1. The lowest BCUT2D eigenvalue weighted by molar-refractivity contribution is -0.139. The molecule has 150 valence electrons. The normalized spacial score (nSPS) is 14.9. The van der Waals surface area contributed by atoms with Crippen LogP contribution in [-0.4, -0.2) is 37.0 Å². The zero-order valence-electron chi connectivity index (χ0n) is 15.6. The van der Waals surface area contributed by atoms with Crippen LogP contribution in [0.5, 0.6) is 0 Å². The Morgan fingerprint density at radius 1 is 1.03 bits per heavy atom. The van der Waals surface area contributed by atoms with Gasteiger partial charge in [-0.25, -0.2) is 4.39 Å². The van der Waals surface area contributed by atoms with Crippen LogP contribution in [0, 0.1) is 5.82 Å². The molecule has 0 radical (unpaired) electrons. The van der Waals surface area contributed by atoms with Gasteiger partial charge in [0.25, 0.3) is 5.91 Å². The quantitative estimate of drug-likeness (QED) is 0.644. The highest BCUT2D eigenvalue weighted by atomic mass is 19.4. The lowest BCUT2D eigenvalue weighted by Gasteiger charge is -2.39. The van der Waals surface area contributed by atoms with Crippen LogP contribution in [0.1, 0.15) is 15.9 Å². The SMILES string of the molecule is CNC1CN(C(=O)c2cccc3c(-c4ccc(C(F)(F)F)c(F)c4)cccc23)C1. The number of carbonyl (C=O) groups is 1. The van der Waals surface area contributed by atoms with Gasteiger partial charge >= 0.3 is 6.18 Å². The number of amides is 1. The number of hydrogen-bond donors (Lipinski definition) is 1. The lowest BCUT2D eigenvalue weighted by atomic mass is 9.94. The van der Waals surface area contributed by atoms with E-state index in [1.54, 1.807) is 41.3 Å². The van der Waals surface area contributed by atoms with E-state index in [-0.39, 0.29) is 11.9 Å². The topological polar surface area (TPSA) is 32.3 Å². The highest BCUT2D eigenvalue weighted by molar-refractivity contribution is 6.10. The average molecular weight is 402 g/mol. The molecule has 0 aromatic heterocycles. The minimum Gasteiger partial charge on any atom is -0.335 e. The maximum Gasteiger partial charge on any atom is 0.419 e. The van der Waals surface area contributed by atoms with E-state index in [0.717, 1.165) is 12.1 Å². The van der Waals surface area contributed by atoms with Crippen LogP contribution in [0.4, 0.5) is 17.6 Å². The minimum absolute atomic E-state index is 0.0992. The van der Waals surface area contributed by atoms with Crippen molar-refractivity contribution in [2.45, 2.75) is 12.2 Å². The Labute approximate surface area is 164 Å². The number of benzene rings is 3. The Balaban J connectivity index is 1.76. The summed E-state index contributed by atoms with van der Waals surface area (Å²) in [6, 6.07) is 13.6. The van der Waals surface area contributed by atoms with Crippen molar-refractivity contribution in [1.29, 1.82) is 0 Å². The summed E-state index contributed by atoms with van der Waals surface area (Å²) in [5.41, 5.74) is 0.117. The third kappa shape index (κ3) is 3.46. The second kappa shape index (κ2) is 7.15. The summed E-state index contributed by atoms with van der Waals surface area (Å²) in [5, 5.41) is 4.48. The van der Waals surface area contributed by atoms with Gasteiger partial charge in [0.15, 0.2) is 0 Å². The molecule has 0 bridgehead atoms. The molecule has 7 heteroatoms. The van der Waals surface area contributed by atoms with E-state index in [2.05, 4.69) is 5.32 Å². The number of carbonyl (C=O) groups excluding carboxylic acids is 1. The number of alkyl halides is 3. The van der Waals surface area contributed by atoms with Crippen LogP contribution in [-0.2, 0) is 6.18 Å². The molecule has 1 N–H and O–H groups in total. The molecule has 0 atom stereocenters. The maximum atomic E-state index is 14.1. The molecule has 3 nitrogen and oxygen atoms in total. The van der Waals surface area contributed by atoms with Crippen molar-refractivity contribution in [1.82, 2.24) is 10.2 Å². The van der Waals surface area contributed by atoms with Crippen molar-refractivity contribution in [2.24, 2.45) is 0 Å². The molecule has 0 aliphatic carbocycles. The predicted octanol–water partition coefficient (Wildman–Crippen LogP) is 4.71. The molecule has 0 saturated carbocycles. The second-order valence-corrected chi connectivity index (χ2v) is 7.09. The second-order valence-electron chi connectivity index (χ2n) is 7.09. The van der Waals surface area contributed by atoms with E-state index in [0.29, 0.717) is 40.6 Å². The largest absolute Gasteiger partial charge is 0.419 e. The summed E-state index contributed by atoms with van der Waals surface area (Å²) in [6.45, 7) is 1.24. The molecule has 1 heterocycles. The number of likely N-dealkylation sites (N-methyl/N-ethyl adjacent to an activating group) is 1. The van der Waals surface area contributed by atoms with E-state index in [1.807, 2.05) is 7.05 Å². The highest BCUT2D eigenvalue weighted by Gasteiger charge is 2.34. The summed E-state index contributed by atoms with van der Waals surface area (Å²) in [6.07, 6.45) is -4.75. The van der Waals surface area contributed by atoms with Crippen LogP contribution in [0.25, 0.3) is 21.9 Å². The lowest BCUT2D eigenvalue weighted by Crippen LogP contribution is -2.58. The standard InChI is InChI=1S/C22H18F4N2O/c1-27-14-11-28(12-14)21(29)18-7-3-5-16-15(4-2-6-17(16)18)13-8-9-19(20(23)10-13)22(24,25)26/h2-10,14,27H,11-12H2,1H3. The third-order valence-corrected chi connectivity index (χ3v) is 5.31. The first-order valence-electron chi connectivity index (χ1n) is 9.15. The van der Waals surface area contributed by atoms with E-state index < -0.39 is 17.6 Å². The maximum absolute atomic E-state index is 14.1. The summed E-state index contributed by atoms with van der Waals surface area (Å²) >= 11 is 0. The Hall–Kier alpha value is -2.93. The Bertz CT molecular complexity index is 1090. The van der Waals surface area contributed by atoms with E-state index in [1.165, 1.54) is 6.07 Å². The van der Waals surface area contributed by atoms with Gasteiger partial charge in [-0.05, 0) is 47.1 Å². The van der Waals surface area contributed by atoms with Gasteiger partial charge in [0.05, 0.1) is 5.56 Å². The van der Waals surface area contributed by atoms with E-state index in [4.69, 9.17) is 0 Å². The summed E-state index contributed by atoms with van der Waals surface area (Å²) in [7, 11) is 1.85. The predicted molar refractivity (Wildman–Crippen MR) is 103 cm³/mol. The number of fused-ring (bicyclic) bond motifs is 1. The molecule has 3 aromatic rings. The van der Waals surface area contributed by atoms with Crippen LogP contribution < -0.4 is 5.32 Å². The van der Waals surface area contributed by atoms with Gasteiger partial charge in [-0.3, -0.25) is 4.79 Å². The Kier molecular flexibility index (Phi) is 4.78. The highest BCUT2D eigenvalue weighted by Crippen LogP contribution is 2.36. The Morgan fingerprint density at radius 2 is 1.72 bits per heavy atom. The molecule has 4 rings (SSSR count). The first kappa shape index (κ1) is 19.4. The number of hydrogen-bond acceptors (Lipinski definition) is 2. The molecule has 1 aliphatic rings. The van der Waals surface area contributed by atoms with Crippen molar-refractivity contribution in [3.05, 3.63) is 71.5 Å². The van der Waals surface area contributed by atoms with Crippen LogP contribution in [0.2, 0.25) is 0 Å². The van der Waals surface area contributed by atoms with Crippen LogP contribution in [0.3, 0.4) is 0 Å². The van der Waals surface area contributed by atoms with Crippen molar-refractivity contribution >= 4 is 16.7 Å². The molecule has 1 saturated heterocycles. The van der Waals surface area contributed by atoms with Crippen molar-refractivity contribution in [3.63, 3.8) is 0 Å². The zero-order chi connectivity index (χ0) is 20.8. The van der Waals surface area contributed by atoms with Gasteiger partial charge in [-0.2, -0.15) is 13.2 Å². The van der Waals surface area contributed by atoms with Gasteiger partial charge < -0.3 is 10.2 Å². The number of rotatable bonds is 3. The molecule has 1 aliphatic heterocycles. The van der Waals surface area contributed by atoms with Gasteiger partial charge in [0.1, 0.15) is 5.82 Å². The van der Waals surface area contributed by atoms with Gasteiger partial charge in [0, 0.05) is 24.7 Å². The number of nitrogens with one attached hydrogen (secondary N) is 1. The monoisotopic (exact) mass is 402 g/mol. The zero-order valence-corrected chi connectivity index (χ0v) is 15.6. The fourth-order valence-corrected chi connectivity index (χ4v) is 3.66. The third-order valence-electron chi connectivity index (χ3n) is 5.31. The fourth-order valence-electron chi connectivity index (χ4n) is 3.66. The van der Waals surface area contributed by atoms with Crippen molar-refractivity contribution in [2.75, 3.05) is 20.1 Å². The van der Waals surface area contributed by atoms with E-state index >= 15 is 0 Å². The summed E-state index contributed by atoms with van der Waals surface area (Å²) in [5.74, 6) is -1.42. The molecule has 1 amide bonds. The number of halogens is 4. The van der Waals surface area contributed by atoms with Gasteiger partial charge in [-0.15, -0.1) is 0 Å². The van der Waals surface area contributed by atoms with Gasteiger partial charge in [-0.1, -0.05) is 36.4 Å². The molecule has 1 fully saturated rings. The first-order valence-corrected chi connectivity index (χ1v) is 9.15. The van der Waals surface area contributed by atoms with Crippen LogP contribution >= 0.6 is 0 Å². The smallest absolute Gasteiger partial charge is 0.335 e. The molecule has 0 unspecified atom stereocenters. The average Bonchev–Trinajstić information content (AvgIpc) is 2.65. The molecule has 29 heavy (non-hydrogen) atoms. The van der Waals surface area contributed by atoms with Crippen molar-refractivity contribution in [3.8, 4) is 11.1 Å².